The van der Waals surface area contributed by atoms with E-state index < -0.39 is 0 Å². The molecular weight excluding hydrogens is 374 g/mol. The molecule has 28 heavy (non-hydrogen) atoms. The summed E-state index contributed by atoms with van der Waals surface area (Å²) in [7, 11) is 3.66. The average Bonchev–Trinajstić information content (AvgIpc) is 3.34. The van der Waals surface area contributed by atoms with E-state index in [0.29, 0.717) is 12.5 Å². The molecule has 7 heteroatoms. The van der Waals surface area contributed by atoms with Crippen molar-refractivity contribution in [3.63, 3.8) is 0 Å². The molecule has 1 aromatic rings. The molecule has 4 heterocycles. The minimum atomic E-state index is -0.288. The Morgan fingerprint density at radius 1 is 1.21 bits per heavy atom. The number of likely N-dealkylation sites (tertiary alicyclic amines) is 3. The molecule has 0 aromatic carbocycles. The van der Waals surface area contributed by atoms with Crippen molar-refractivity contribution < 1.29 is 14.3 Å². The molecule has 0 N–H and O–H groups in total. The summed E-state index contributed by atoms with van der Waals surface area (Å²) >= 11 is 1.53. The lowest BCUT2D eigenvalue weighted by Crippen LogP contribution is -2.53. The molecule has 3 aliphatic rings. The number of hydrogen-bond donors (Lipinski definition) is 0. The third-order valence-electron chi connectivity index (χ3n) is 7.34. The van der Waals surface area contributed by atoms with Gasteiger partial charge in [-0.3, -0.25) is 14.5 Å². The van der Waals surface area contributed by atoms with Crippen molar-refractivity contribution in [1.82, 2.24) is 14.7 Å². The predicted molar refractivity (Wildman–Crippen MR) is 110 cm³/mol. The van der Waals surface area contributed by atoms with Crippen molar-refractivity contribution in [2.75, 3.05) is 60.0 Å². The molecule has 3 aliphatic heterocycles. The van der Waals surface area contributed by atoms with Crippen molar-refractivity contribution in [2.24, 2.45) is 10.8 Å². The first kappa shape index (κ1) is 19.9. The van der Waals surface area contributed by atoms with Gasteiger partial charge < -0.3 is 14.5 Å². The lowest BCUT2D eigenvalue weighted by Gasteiger charge is -2.47. The van der Waals surface area contributed by atoms with Crippen LogP contribution in [-0.4, -0.2) is 86.5 Å². The Balaban J connectivity index is 1.54. The number of carbonyl (C=O) groups is 2. The van der Waals surface area contributed by atoms with E-state index in [2.05, 4.69) is 4.90 Å². The molecule has 2 amide bonds. The zero-order valence-corrected chi connectivity index (χ0v) is 18.0. The highest BCUT2D eigenvalue weighted by Gasteiger charge is 2.64. The molecule has 6 nitrogen and oxygen atoms in total. The van der Waals surface area contributed by atoms with Crippen LogP contribution in [0.25, 0.3) is 0 Å². The molecule has 0 aliphatic carbocycles. The lowest BCUT2D eigenvalue weighted by atomic mass is 9.60. The van der Waals surface area contributed by atoms with Gasteiger partial charge in [0, 0.05) is 58.8 Å². The van der Waals surface area contributed by atoms with Gasteiger partial charge in [0.05, 0.1) is 16.9 Å². The Morgan fingerprint density at radius 3 is 2.54 bits per heavy atom. The largest absolute Gasteiger partial charge is 0.383 e. The Labute approximate surface area is 171 Å². The number of methoxy groups -OCH3 is 1. The van der Waals surface area contributed by atoms with Crippen molar-refractivity contribution in [3.05, 3.63) is 21.9 Å². The molecule has 1 unspecified atom stereocenters. The first-order valence-corrected chi connectivity index (χ1v) is 11.1. The normalized spacial score (nSPS) is 27.5. The van der Waals surface area contributed by atoms with Crippen LogP contribution in [0, 0.1) is 17.8 Å². The average molecular weight is 406 g/mol. The van der Waals surface area contributed by atoms with Gasteiger partial charge in [0.2, 0.25) is 5.91 Å². The summed E-state index contributed by atoms with van der Waals surface area (Å²) < 4.78 is 5.29. The van der Waals surface area contributed by atoms with Crippen molar-refractivity contribution in [3.8, 4) is 0 Å². The van der Waals surface area contributed by atoms with Crippen LogP contribution in [0.3, 0.4) is 0 Å². The van der Waals surface area contributed by atoms with Crippen molar-refractivity contribution >= 4 is 23.2 Å². The zero-order chi connectivity index (χ0) is 19.9. The lowest BCUT2D eigenvalue weighted by molar-refractivity contribution is -0.141. The molecule has 3 fully saturated rings. The molecule has 4 rings (SSSR count). The van der Waals surface area contributed by atoms with Crippen LogP contribution in [0.2, 0.25) is 0 Å². The Bertz CT molecular complexity index is 756. The molecule has 2 spiro atoms. The van der Waals surface area contributed by atoms with Gasteiger partial charge in [-0.25, -0.2) is 0 Å². The second-order valence-electron chi connectivity index (χ2n) is 8.77. The maximum absolute atomic E-state index is 13.3. The van der Waals surface area contributed by atoms with Gasteiger partial charge in [-0.15, -0.1) is 11.3 Å². The highest BCUT2D eigenvalue weighted by Crippen LogP contribution is 2.57. The molecule has 1 aromatic heterocycles. The van der Waals surface area contributed by atoms with Crippen LogP contribution in [-0.2, 0) is 9.53 Å². The summed E-state index contributed by atoms with van der Waals surface area (Å²) in [6, 6.07) is 2.01. The van der Waals surface area contributed by atoms with Crippen molar-refractivity contribution in [2.45, 2.75) is 26.2 Å². The Kier molecular flexibility index (Phi) is 5.27. The second-order valence-corrected chi connectivity index (χ2v) is 9.68. The van der Waals surface area contributed by atoms with Gasteiger partial charge >= 0.3 is 0 Å². The fraction of sp³-hybridized carbons (Fsp3) is 0.714. The third kappa shape index (κ3) is 2.99. The number of aryl methyl sites for hydroxylation is 1. The molecule has 0 saturated carbocycles. The zero-order valence-electron chi connectivity index (χ0n) is 17.2. The quantitative estimate of drug-likeness (QED) is 0.770. The molecular formula is C21H31N3O3S. The maximum atomic E-state index is 13.3. The predicted octanol–water partition coefficient (Wildman–Crippen LogP) is 2.09. The van der Waals surface area contributed by atoms with Gasteiger partial charge in [-0.05, 0) is 43.2 Å². The number of amides is 2. The van der Waals surface area contributed by atoms with E-state index in [1.807, 2.05) is 35.2 Å². The molecule has 0 radical (unpaired) electrons. The van der Waals surface area contributed by atoms with Crippen LogP contribution in [0.1, 0.15) is 34.5 Å². The number of carbonyl (C=O) groups excluding carboxylic acids is 2. The standard InChI is InChI=1S/C21H31N3O3S/c1-16-4-13-28-17(16)18(25)24-9-5-20(6-10-24)14-23(11-12-27-3)15-21(20)7-8-22(2)19(21)26/h4,13H,5-12,14-15H2,1-3H3. The van der Waals surface area contributed by atoms with Gasteiger partial charge in [-0.2, -0.15) is 0 Å². The summed E-state index contributed by atoms with van der Waals surface area (Å²) in [5.74, 6) is 0.460. The van der Waals surface area contributed by atoms with E-state index >= 15 is 0 Å². The smallest absolute Gasteiger partial charge is 0.264 e. The highest BCUT2D eigenvalue weighted by atomic mass is 32.1. The summed E-state index contributed by atoms with van der Waals surface area (Å²) in [5.41, 5.74) is 0.749. The van der Waals surface area contributed by atoms with E-state index in [0.717, 1.165) is 69.0 Å². The molecule has 1 atom stereocenters. The number of rotatable bonds is 4. The summed E-state index contributed by atoms with van der Waals surface area (Å²) in [4.78, 5) is 33.4. The number of ether oxygens (including phenoxy) is 1. The topological polar surface area (TPSA) is 53.1 Å². The van der Waals surface area contributed by atoms with E-state index in [1.54, 1.807) is 7.11 Å². The van der Waals surface area contributed by atoms with Crippen molar-refractivity contribution in [1.29, 1.82) is 0 Å². The summed E-state index contributed by atoms with van der Waals surface area (Å²) in [6.07, 6.45) is 2.75. The molecule has 3 saturated heterocycles. The first-order chi connectivity index (χ1) is 13.4. The SMILES string of the molecule is COCCN1CC2(CCN(C(=O)c3sccc3C)CC2)C2(CCN(C)C2=O)C1. The van der Waals surface area contributed by atoms with Gasteiger partial charge in [0.1, 0.15) is 0 Å². The van der Waals surface area contributed by atoms with E-state index in [4.69, 9.17) is 4.74 Å². The number of nitrogens with zero attached hydrogens (tertiary/aromatic N) is 3. The minimum absolute atomic E-state index is 0.0239. The second kappa shape index (κ2) is 7.43. The van der Waals surface area contributed by atoms with Crippen LogP contribution < -0.4 is 0 Å². The summed E-state index contributed by atoms with van der Waals surface area (Å²) in [5, 5.41) is 1.99. The number of hydrogen-bond acceptors (Lipinski definition) is 5. The van der Waals surface area contributed by atoms with Gasteiger partial charge in [-0.1, -0.05) is 0 Å². The fourth-order valence-corrected chi connectivity index (χ4v) is 6.54. The van der Waals surface area contributed by atoms with Gasteiger partial charge in [0.15, 0.2) is 0 Å². The van der Waals surface area contributed by atoms with Crippen LogP contribution in [0.4, 0.5) is 0 Å². The van der Waals surface area contributed by atoms with Crippen LogP contribution >= 0.6 is 11.3 Å². The molecule has 154 valence electrons. The van der Waals surface area contributed by atoms with Crippen LogP contribution in [0.5, 0.6) is 0 Å². The van der Waals surface area contributed by atoms with Gasteiger partial charge in [0.25, 0.3) is 5.91 Å². The number of piperidine rings is 1. The Morgan fingerprint density at radius 2 is 1.96 bits per heavy atom. The third-order valence-corrected chi connectivity index (χ3v) is 8.35. The first-order valence-electron chi connectivity index (χ1n) is 10.2. The van der Waals surface area contributed by atoms with Crippen LogP contribution in [0.15, 0.2) is 11.4 Å². The summed E-state index contributed by atoms with van der Waals surface area (Å²) in [6.45, 7) is 7.66. The monoisotopic (exact) mass is 405 g/mol. The van der Waals surface area contributed by atoms with E-state index in [-0.39, 0.29) is 16.7 Å². The fourth-order valence-electron chi connectivity index (χ4n) is 5.64. The van der Waals surface area contributed by atoms with E-state index in [1.165, 1.54) is 11.3 Å². The maximum Gasteiger partial charge on any atom is 0.264 e. The minimum Gasteiger partial charge on any atom is -0.383 e. The highest BCUT2D eigenvalue weighted by molar-refractivity contribution is 7.12. The molecule has 0 bridgehead atoms. The number of fused-ring (bicyclic) bond motifs is 1. The number of thiophene rings is 1. The Hall–Kier alpha value is -1.44. The van der Waals surface area contributed by atoms with E-state index in [9.17, 15) is 9.59 Å².